The Morgan fingerprint density at radius 2 is 1.78 bits per heavy atom. The molecule has 2 nitrogen and oxygen atoms in total. The number of nitrogens with zero attached hydrogens (tertiary/aromatic N) is 2. The van der Waals surface area contributed by atoms with Gasteiger partial charge in [-0.2, -0.15) is 0 Å². The highest BCUT2D eigenvalue weighted by Crippen LogP contribution is 2.31. The van der Waals surface area contributed by atoms with Gasteiger partial charge in [-0.3, -0.25) is 0 Å². The first kappa shape index (κ1) is 13.5. The van der Waals surface area contributed by atoms with Crippen LogP contribution in [-0.4, -0.2) is 9.97 Å². The van der Waals surface area contributed by atoms with E-state index in [2.05, 4.69) is 50.7 Å². The van der Waals surface area contributed by atoms with Crippen molar-refractivity contribution >= 4 is 22.9 Å². The van der Waals surface area contributed by atoms with Gasteiger partial charge in [-0.05, 0) is 26.0 Å². The molecule has 18 heavy (non-hydrogen) atoms. The minimum atomic E-state index is -0.0275. The third kappa shape index (κ3) is 2.73. The lowest BCUT2D eigenvalue weighted by atomic mass is 9.92. The van der Waals surface area contributed by atoms with Crippen LogP contribution in [0.4, 0.5) is 0 Å². The number of thiophene rings is 1. The van der Waals surface area contributed by atoms with Gasteiger partial charge >= 0.3 is 0 Å². The number of hydrogen-bond acceptors (Lipinski definition) is 3. The molecule has 0 spiro atoms. The molecule has 96 valence electrons. The van der Waals surface area contributed by atoms with E-state index >= 15 is 0 Å². The summed E-state index contributed by atoms with van der Waals surface area (Å²) in [6, 6.07) is 3.97. The third-order valence-electron chi connectivity index (χ3n) is 2.75. The molecule has 0 fully saturated rings. The smallest absolute Gasteiger partial charge is 0.162 e. The van der Waals surface area contributed by atoms with Crippen molar-refractivity contribution in [3.8, 4) is 11.4 Å². The van der Waals surface area contributed by atoms with Crippen LogP contribution in [0.15, 0.2) is 12.1 Å². The van der Waals surface area contributed by atoms with Gasteiger partial charge in [0, 0.05) is 20.7 Å². The second-order valence-electron chi connectivity index (χ2n) is 5.48. The molecule has 2 aromatic rings. The van der Waals surface area contributed by atoms with E-state index in [1.54, 1.807) is 11.3 Å². The van der Waals surface area contributed by atoms with Crippen LogP contribution in [0.2, 0.25) is 5.15 Å². The van der Waals surface area contributed by atoms with Crippen molar-refractivity contribution < 1.29 is 0 Å². The van der Waals surface area contributed by atoms with Gasteiger partial charge < -0.3 is 0 Å². The number of halogens is 1. The van der Waals surface area contributed by atoms with Crippen molar-refractivity contribution in [1.82, 2.24) is 9.97 Å². The lowest BCUT2D eigenvalue weighted by molar-refractivity contribution is 0.568. The highest BCUT2D eigenvalue weighted by atomic mass is 35.5. The minimum absolute atomic E-state index is 0.0275. The zero-order valence-electron chi connectivity index (χ0n) is 11.3. The summed E-state index contributed by atoms with van der Waals surface area (Å²) in [5, 5.41) is 0.508. The van der Waals surface area contributed by atoms with E-state index in [0.717, 1.165) is 17.1 Å². The van der Waals surface area contributed by atoms with Crippen molar-refractivity contribution in [3.63, 3.8) is 0 Å². The van der Waals surface area contributed by atoms with Gasteiger partial charge in [0.05, 0.1) is 5.69 Å². The Morgan fingerprint density at radius 3 is 2.28 bits per heavy atom. The molecule has 0 aliphatic rings. The number of aromatic nitrogens is 2. The van der Waals surface area contributed by atoms with Crippen LogP contribution in [0.25, 0.3) is 11.4 Å². The van der Waals surface area contributed by atoms with Crippen LogP contribution in [0.5, 0.6) is 0 Å². The summed E-state index contributed by atoms with van der Waals surface area (Å²) in [4.78, 5) is 11.5. The molecule has 2 aromatic heterocycles. The van der Waals surface area contributed by atoms with Gasteiger partial charge in [0.2, 0.25) is 0 Å². The summed E-state index contributed by atoms with van der Waals surface area (Å²) in [5.41, 5.74) is 2.03. The molecule has 0 unspecified atom stereocenters. The van der Waals surface area contributed by atoms with E-state index in [9.17, 15) is 0 Å². The van der Waals surface area contributed by atoms with Crippen LogP contribution in [0, 0.1) is 13.8 Å². The van der Waals surface area contributed by atoms with E-state index in [1.165, 1.54) is 9.75 Å². The number of hydrogen-bond donors (Lipinski definition) is 0. The fourth-order valence-electron chi connectivity index (χ4n) is 1.78. The topological polar surface area (TPSA) is 25.8 Å². The van der Waals surface area contributed by atoms with Crippen molar-refractivity contribution in [1.29, 1.82) is 0 Å². The van der Waals surface area contributed by atoms with Gasteiger partial charge in [0.25, 0.3) is 0 Å². The molecule has 0 saturated heterocycles. The lowest BCUT2D eigenvalue weighted by Crippen LogP contribution is -2.14. The van der Waals surface area contributed by atoms with Crippen LogP contribution < -0.4 is 0 Å². The molecule has 0 aromatic carbocycles. The Hall–Kier alpha value is -0.930. The summed E-state index contributed by atoms with van der Waals surface area (Å²) in [6.07, 6.45) is 0. The average molecular weight is 281 g/mol. The van der Waals surface area contributed by atoms with Crippen molar-refractivity contribution in [2.75, 3.05) is 0 Å². The maximum atomic E-state index is 6.12. The first-order valence-electron chi connectivity index (χ1n) is 5.90. The fraction of sp³-hybridized carbons (Fsp3) is 0.429. The monoisotopic (exact) mass is 280 g/mol. The van der Waals surface area contributed by atoms with E-state index in [-0.39, 0.29) is 5.41 Å². The second kappa shape index (κ2) is 4.63. The Bertz CT molecular complexity index is 582. The SMILES string of the molecule is Cc1cc(-c2nc(Cl)cc(C(C)(C)C)n2)c(C)s1. The zero-order valence-corrected chi connectivity index (χ0v) is 12.9. The normalized spacial score (nSPS) is 11.9. The molecule has 0 N–H and O–H groups in total. The van der Waals surface area contributed by atoms with Crippen LogP contribution in [0.1, 0.15) is 36.2 Å². The molecular weight excluding hydrogens is 264 g/mol. The molecular formula is C14H17ClN2S. The molecule has 2 rings (SSSR count). The second-order valence-corrected chi connectivity index (χ2v) is 7.32. The van der Waals surface area contributed by atoms with Crippen LogP contribution in [0.3, 0.4) is 0 Å². The van der Waals surface area contributed by atoms with E-state index in [0.29, 0.717) is 5.15 Å². The first-order chi connectivity index (χ1) is 8.27. The standard InChI is InChI=1S/C14H17ClN2S/c1-8-6-10(9(2)18-8)13-16-11(14(3,4)5)7-12(15)17-13/h6-7H,1-5H3. The Labute approximate surface area is 117 Å². The highest BCUT2D eigenvalue weighted by molar-refractivity contribution is 7.12. The van der Waals surface area contributed by atoms with Gasteiger partial charge in [-0.25, -0.2) is 9.97 Å². The van der Waals surface area contributed by atoms with E-state index < -0.39 is 0 Å². The number of aryl methyl sites for hydroxylation is 2. The summed E-state index contributed by atoms with van der Waals surface area (Å²) in [5.74, 6) is 0.731. The molecule has 0 aliphatic heterocycles. The Kier molecular flexibility index (Phi) is 3.47. The van der Waals surface area contributed by atoms with Gasteiger partial charge in [-0.15, -0.1) is 11.3 Å². The maximum Gasteiger partial charge on any atom is 0.162 e. The summed E-state index contributed by atoms with van der Waals surface area (Å²) in [7, 11) is 0. The maximum absolute atomic E-state index is 6.12. The quantitative estimate of drug-likeness (QED) is 0.703. The van der Waals surface area contributed by atoms with E-state index in [4.69, 9.17) is 11.6 Å². The lowest BCUT2D eigenvalue weighted by Gasteiger charge is -2.18. The van der Waals surface area contributed by atoms with E-state index in [1.807, 2.05) is 6.07 Å². The number of rotatable bonds is 1. The summed E-state index contributed by atoms with van der Waals surface area (Å²) < 4.78 is 0. The molecule has 0 saturated carbocycles. The Morgan fingerprint density at radius 1 is 1.11 bits per heavy atom. The summed E-state index contributed by atoms with van der Waals surface area (Å²) >= 11 is 7.88. The predicted molar refractivity (Wildman–Crippen MR) is 78.5 cm³/mol. The first-order valence-corrected chi connectivity index (χ1v) is 7.09. The molecule has 2 heterocycles. The molecule has 0 amide bonds. The van der Waals surface area contributed by atoms with Crippen molar-refractivity contribution in [2.45, 2.75) is 40.0 Å². The molecule has 4 heteroatoms. The van der Waals surface area contributed by atoms with Gasteiger partial charge in [-0.1, -0.05) is 32.4 Å². The van der Waals surface area contributed by atoms with Crippen molar-refractivity contribution in [3.05, 3.63) is 32.7 Å². The third-order valence-corrected chi connectivity index (χ3v) is 3.90. The van der Waals surface area contributed by atoms with Gasteiger partial charge in [0.15, 0.2) is 5.82 Å². The van der Waals surface area contributed by atoms with Crippen LogP contribution >= 0.6 is 22.9 Å². The Balaban J connectivity index is 2.59. The zero-order chi connectivity index (χ0) is 13.5. The highest BCUT2D eigenvalue weighted by Gasteiger charge is 2.19. The molecule has 0 atom stereocenters. The van der Waals surface area contributed by atoms with Crippen LogP contribution in [-0.2, 0) is 5.41 Å². The molecule has 0 aliphatic carbocycles. The minimum Gasteiger partial charge on any atom is -0.232 e. The van der Waals surface area contributed by atoms with Crippen molar-refractivity contribution in [2.24, 2.45) is 0 Å². The average Bonchev–Trinajstić information content (AvgIpc) is 2.55. The van der Waals surface area contributed by atoms with Gasteiger partial charge in [0.1, 0.15) is 5.15 Å². The predicted octanol–water partition coefficient (Wildman–Crippen LogP) is 4.77. The fourth-order valence-corrected chi connectivity index (χ4v) is 2.88. The summed E-state index contributed by atoms with van der Waals surface area (Å²) in [6.45, 7) is 10.6. The molecule has 0 radical (unpaired) electrons. The largest absolute Gasteiger partial charge is 0.232 e. The molecule has 0 bridgehead atoms.